The number of pyridine rings is 6. The number of aryl methyl sites for hydroxylation is 10. The predicted molar refractivity (Wildman–Crippen MR) is 558 cm³/mol. The molecule has 0 atom stereocenters. The van der Waals surface area contributed by atoms with Crippen molar-refractivity contribution in [2.24, 2.45) is 56.4 Å². The zero-order valence-corrected chi connectivity index (χ0v) is 80.9. The molecular formula is C112H90B5N23O5+8. The lowest BCUT2D eigenvalue weighted by Gasteiger charge is -2.40. The standard InChI is InChI=1S/C25H19BN2O.C23H19BN4O.C22H18BN5O.2C21H17BN6O/c1-16-8-6-12-19-22(16)26-23-17(2)9-7-13-20(23)29-21-14-15-27-25(24(21)26)28(19)18-10-4-3-5-11-18;1-26-12-6-10-17-22(26)24-21-18(28(17)16-8-4-3-5-9-16)14-25-15-20(21)29-19-11-7-13-27(2)23(19)24;1-26-13-11-24-21-19(26)23-18-16(28(21)15-7-4-3-5-8-15)9-6-10-17(18)29-22-20(23)27(2)14-12-25-22;1-26-12-24-9-16-20(26)22-19-15(28(16)14-6-4-3-5-7-14)8-23-10-17(19)29-18-11-25-13-27(2)21(18)22;1-26-10-8-24-20-18(26)22-17-15(28(20)14-6-4-3-5-7-14)12-23-13-16(17)29-21-19(22)27(2)11-9-25-21/h2*3-15H,1-2H3;3-14H,1-2H3;2*3-13H,1-2H3/q;4*+2. The Morgan fingerprint density at radius 1 is 0.207 bits per heavy atom. The zero-order chi connectivity index (χ0) is 97.7. The van der Waals surface area contributed by atoms with Gasteiger partial charge in [0.1, 0.15) is 105 Å². The van der Waals surface area contributed by atoms with Crippen molar-refractivity contribution in [2.45, 2.75) is 13.8 Å². The van der Waals surface area contributed by atoms with Crippen molar-refractivity contribution in [2.75, 3.05) is 24.5 Å². The van der Waals surface area contributed by atoms with Crippen LogP contribution < -0.4 is 168 Å². The van der Waals surface area contributed by atoms with E-state index >= 15 is 0 Å². The van der Waals surface area contributed by atoms with Crippen LogP contribution in [0.5, 0.6) is 57.8 Å². The molecule has 28 nitrogen and oxygen atoms in total. The summed E-state index contributed by atoms with van der Waals surface area (Å²) in [5, 5.41) is 0. The Hall–Kier alpha value is -18.5. The third kappa shape index (κ3) is 13.9. The van der Waals surface area contributed by atoms with E-state index in [4.69, 9.17) is 38.6 Å². The van der Waals surface area contributed by atoms with Crippen LogP contribution in [0.15, 0.2) is 367 Å². The normalized spacial score (nSPS) is 13.3. The van der Waals surface area contributed by atoms with E-state index in [-0.39, 0.29) is 33.6 Å². The molecule has 8 aromatic carbocycles. The van der Waals surface area contributed by atoms with Crippen LogP contribution in [0.1, 0.15) is 11.1 Å². The monoisotopic (exact) mass is 1890 g/mol. The summed E-state index contributed by atoms with van der Waals surface area (Å²) < 4.78 is 48.4. The lowest BCUT2D eigenvalue weighted by Crippen LogP contribution is -2.74. The van der Waals surface area contributed by atoms with Gasteiger partial charge in [-0.15, -0.1) is 0 Å². The van der Waals surface area contributed by atoms with Gasteiger partial charge in [0.25, 0.3) is 31.1 Å². The van der Waals surface area contributed by atoms with Crippen molar-refractivity contribution < 1.29 is 60.2 Å². The molecule has 0 aliphatic carbocycles. The highest BCUT2D eigenvalue weighted by molar-refractivity contribution is 7.01. The molecule has 0 bridgehead atoms. The van der Waals surface area contributed by atoms with E-state index in [0.29, 0.717) is 11.8 Å². The highest BCUT2D eigenvalue weighted by Crippen LogP contribution is 2.46. The molecule has 0 radical (unpaired) electrons. The summed E-state index contributed by atoms with van der Waals surface area (Å²) in [4.78, 5) is 56.9. The van der Waals surface area contributed by atoms with Crippen molar-refractivity contribution in [3.05, 3.63) is 378 Å². The topological polar surface area (TPSA) is 222 Å². The number of benzene rings is 8. The lowest BCUT2D eigenvalue weighted by atomic mass is 9.33. The molecular weight excluding hydrogens is 1800 g/mol. The predicted octanol–water partition coefficient (Wildman–Crippen LogP) is 5.62. The molecule has 0 unspecified atom stereocenters. The number of hydrogen-bond acceptors (Lipinski definition) is 20. The van der Waals surface area contributed by atoms with Crippen molar-refractivity contribution >= 4 is 202 Å². The Morgan fingerprint density at radius 3 is 1.10 bits per heavy atom. The van der Waals surface area contributed by atoms with Crippen LogP contribution in [0.3, 0.4) is 0 Å². The van der Waals surface area contributed by atoms with Gasteiger partial charge in [-0.3, -0.25) is 29.7 Å². The van der Waals surface area contributed by atoms with Gasteiger partial charge in [0.15, 0.2) is 89.3 Å². The molecule has 0 saturated heterocycles. The molecule has 0 saturated carbocycles. The summed E-state index contributed by atoms with van der Waals surface area (Å²) in [5.41, 5.74) is 32.5. The van der Waals surface area contributed by atoms with E-state index in [1.807, 2.05) is 205 Å². The highest BCUT2D eigenvalue weighted by atomic mass is 16.5. The van der Waals surface area contributed by atoms with Crippen LogP contribution >= 0.6 is 0 Å². The second kappa shape index (κ2) is 34.8. The number of nitrogens with zero attached hydrogens (tertiary/aromatic N) is 23. The number of anilines is 15. The van der Waals surface area contributed by atoms with Crippen molar-refractivity contribution in [1.82, 2.24) is 49.8 Å². The molecule has 22 heterocycles. The second-order valence-corrected chi connectivity index (χ2v) is 37.2. The van der Waals surface area contributed by atoms with E-state index in [9.17, 15) is 0 Å². The Morgan fingerprint density at radius 2 is 0.545 bits per heavy atom. The first-order valence-electron chi connectivity index (χ1n) is 48.1. The minimum Gasteiger partial charge on any atom is -0.458 e. The van der Waals surface area contributed by atoms with Gasteiger partial charge in [-0.1, -0.05) is 142 Å². The zero-order valence-electron chi connectivity index (χ0n) is 80.9. The maximum Gasteiger partial charge on any atom is 0.424 e. The van der Waals surface area contributed by atoms with Crippen LogP contribution in [-0.4, -0.2) is 83.4 Å². The van der Waals surface area contributed by atoms with E-state index in [1.54, 1.807) is 31.0 Å². The Labute approximate surface area is 837 Å². The first-order valence-corrected chi connectivity index (χ1v) is 48.1. The Kier molecular flexibility index (Phi) is 20.8. The highest BCUT2D eigenvalue weighted by Gasteiger charge is 2.58. The molecule has 0 fully saturated rings. The molecule has 0 N–H and O–H groups in total. The SMILES string of the molecule is C[n+]1cccc2c1B1c3c(cncc3N(c3ccccc3)c3ccc[n+](C)c31)O2.C[n+]1ccnc2c1B1c3c(cccc3N(c3ccccc3)c3ncc[n+](C)c31)O2.C[n+]1ccnc2c1B1c3c(cncc3N(c3ccccc3)c3ncc[n+](C)c31)O2.C[n+]1cncc2c1B1c3c(cncc3N(c3ccccc3)c3cnc[n+](C)c31)O2.Cc1cccc2c1B1c3c(C)cccc3N(c3ccccc3)c3nccc(c31)O2. The number of hydrogen-bond donors (Lipinski definition) is 0. The van der Waals surface area contributed by atoms with Gasteiger partial charge in [-0.2, -0.15) is 0 Å². The fraction of sp³-hybridized carbons (Fsp3) is 0.0893. The van der Waals surface area contributed by atoms with E-state index in [0.717, 1.165) is 192 Å². The number of rotatable bonds is 5. The van der Waals surface area contributed by atoms with Crippen LogP contribution in [0.2, 0.25) is 0 Å². The molecule has 33 heteroatoms. The number of fused-ring (bicyclic) bond motifs is 20. The molecule has 0 amide bonds. The average molecular weight is 1890 g/mol. The molecule has 145 heavy (non-hydrogen) atoms. The average Bonchev–Trinajstić information content (AvgIpc) is 0.724. The minimum absolute atomic E-state index is 0.0114. The van der Waals surface area contributed by atoms with E-state index < -0.39 is 0 Å². The number of para-hydroxylation sites is 5. The largest absolute Gasteiger partial charge is 0.458 e. The van der Waals surface area contributed by atoms with Crippen LogP contribution in [-0.2, 0) is 56.4 Å². The molecule has 20 aromatic rings. The van der Waals surface area contributed by atoms with E-state index in [1.165, 1.54) is 33.3 Å². The van der Waals surface area contributed by atoms with Gasteiger partial charge in [0.2, 0.25) is 16.9 Å². The third-order valence-corrected chi connectivity index (χ3v) is 28.9. The van der Waals surface area contributed by atoms with Crippen molar-refractivity contribution in [3.63, 3.8) is 0 Å². The Bertz CT molecular complexity index is 7450. The number of ether oxygens (including phenoxy) is 5. The third-order valence-electron chi connectivity index (χ3n) is 28.9. The van der Waals surface area contributed by atoms with Gasteiger partial charge in [-0.05, 0) is 128 Å². The summed E-state index contributed by atoms with van der Waals surface area (Å²) in [6.07, 6.45) is 39.7. The van der Waals surface area contributed by atoms with E-state index in [2.05, 4.69) is 297 Å². The lowest BCUT2D eigenvalue weighted by molar-refractivity contribution is -0.661. The smallest absolute Gasteiger partial charge is 0.424 e. The first kappa shape index (κ1) is 86.8. The summed E-state index contributed by atoms with van der Waals surface area (Å²) in [5.74, 6) is 10.6. The van der Waals surface area contributed by atoms with Gasteiger partial charge in [0, 0.05) is 85.5 Å². The van der Waals surface area contributed by atoms with Gasteiger partial charge in [-0.25, -0.2) is 61.5 Å². The summed E-state index contributed by atoms with van der Waals surface area (Å²) in [7, 11) is 16.4. The van der Waals surface area contributed by atoms with Gasteiger partial charge in [0.05, 0.1) is 93.1 Å². The Balaban J connectivity index is 0.0000000923. The molecule has 10 aliphatic rings. The summed E-state index contributed by atoms with van der Waals surface area (Å²) in [6.45, 7) is 4.48. The van der Waals surface area contributed by atoms with Crippen molar-refractivity contribution in [3.8, 4) is 57.8 Å². The number of aromatic nitrogens is 18. The van der Waals surface area contributed by atoms with Crippen LogP contribution in [0.4, 0.5) is 85.7 Å². The maximum absolute atomic E-state index is 6.38. The molecule has 30 rings (SSSR count). The molecule has 10 aliphatic heterocycles. The fourth-order valence-corrected chi connectivity index (χ4v) is 22.8. The van der Waals surface area contributed by atoms with Gasteiger partial charge >= 0.3 is 26.9 Å². The molecule has 12 aromatic heterocycles. The second-order valence-electron chi connectivity index (χ2n) is 37.2. The van der Waals surface area contributed by atoms with Crippen molar-refractivity contribution in [1.29, 1.82) is 0 Å². The first-order chi connectivity index (χ1) is 71.2. The summed E-state index contributed by atoms with van der Waals surface area (Å²) in [6, 6.07) is 81.2. The quantitative estimate of drug-likeness (QED) is 0.151. The van der Waals surface area contributed by atoms with Crippen LogP contribution in [0.25, 0.3) is 0 Å². The maximum atomic E-state index is 6.38. The fourth-order valence-electron chi connectivity index (χ4n) is 22.8. The minimum atomic E-state index is -0.0564. The van der Waals surface area contributed by atoms with Gasteiger partial charge < -0.3 is 33.5 Å². The molecule has 690 valence electrons. The summed E-state index contributed by atoms with van der Waals surface area (Å²) >= 11 is 0. The van der Waals surface area contributed by atoms with Crippen LogP contribution in [0, 0.1) is 13.8 Å². The molecule has 0 spiro atoms.